The van der Waals surface area contributed by atoms with Crippen molar-refractivity contribution in [1.82, 2.24) is 14.7 Å². The zero-order valence-corrected chi connectivity index (χ0v) is 14.6. The van der Waals surface area contributed by atoms with Crippen LogP contribution in [-0.4, -0.2) is 58.5 Å². The van der Waals surface area contributed by atoms with E-state index in [4.69, 9.17) is 9.84 Å². The Morgan fingerprint density at radius 3 is 2.85 bits per heavy atom. The number of hydrogen-bond acceptors (Lipinski definition) is 6. The number of nitrogens with one attached hydrogen (secondary N) is 1. The number of methoxy groups -OCH3 is 1. The number of nitrogens with zero attached hydrogens (tertiary/aromatic N) is 3. The van der Waals surface area contributed by atoms with E-state index in [0.717, 1.165) is 11.1 Å². The van der Waals surface area contributed by atoms with Gasteiger partial charge in [-0.15, -0.1) is 0 Å². The lowest BCUT2D eigenvalue weighted by molar-refractivity contribution is -0.136. The maximum Gasteiger partial charge on any atom is 0.337 e. The molecule has 1 aliphatic heterocycles. The number of hydrogen-bond donors (Lipinski definition) is 2. The van der Waals surface area contributed by atoms with Gasteiger partial charge in [0.15, 0.2) is 0 Å². The van der Waals surface area contributed by atoms with Gasteiger partial charge in [-0.25, -0.2) is 4.79 Å². The third kappa shape index (κ3) is 3.45. The van der Waals surface area contributed by atoms with E-state index in [9.17, 15) is 9.59 Å². The summed E-state index contributed by atoms with van der Waals surface area (Å²) in [4.78, 5) is 26.0. The first kappa shape index (κ1) is 17.7. The van der Waals surface area contributed by atoms with Gasteiger partial charge in [0, 0.05) is 31.0 Å². The normalized spacial score (nSPS) is 14.1. The van der Waals surface area contributed by atoms with Crippen LogP contribution in [0.5, 0.6) is 0 Å². The summed E-state index contributed by atoms with van der Waals surface area (Å²) in [7, 11) is 3.11. The second-order valence-electron chi connectivity index (χ2n) is 5.90. The van der Waals surface area contributed by atoms with E-state index < -0.39 is 5.97 Å². The SMILES string of the molecule is COC(=O)C1=C(Nc2cccc(-c3cnn(C)c3)c2)C(=O)N(CCO)C1. The summed E-state index contributed by atoms with van der Waals surface area (Å²) >= 11 is 0. The largest absolute Gasteiger partial charge is 0.466 e. The van der Waals surface area contributed by atoms with Crippen LogP contribution in [0, 0.1) is 0 Å². The summed E-state index contributed by atoms with van der Waals surface area (Å²) in [5.41, 5.74) is 2.97. The number of aliphatic hydroxyl groups is 1. The van der Waals surface area contributed by atoms with Crippen LogP contribution in [0.15, 0.2) is 47.9 Å². The highest BCUT2D eigenvalue weighted by molar-refractivity contribution is 6.08. The molecule has 3 rings (SSSR count). The number of benzene rings is 1. The zero-order valence-electron chi connectivity index (χ0n) is 14.6. The number of ether oxygens (including phenoxy) is 1. The first-order chi connectivity index (χ1) is 12.5. The van der Waals surface area contributed by atoms with Crippen LogP contribution in [0.1, 0.15) is 0 Å². The van der Waals surface area contributed by atoms with Crippen LogP contribution >= 0.6 is 0 Å². The first-order valence-corrected chi connectivity index (χ1v) is 8.11. The van der Waals surface area contributed by atoms with E-state index in [1.807, 2.05) is 37.5 Å². The summed E-state index contributed by atoms with van der Waals surface area (Å²) in [6.45, 7) is 0.0842. The van der Waals surface area contributed by atoms with Gasteiger partial charge in [-0.1, -0.05) is 12.1 Å². The number of β-amino-alcohol motifs (C(OH)–C–C–N with tert-alkyl or cyclic N) is 1. The quantitative estimate of drug-likeness (QED) is 0.742. The molecule has 8 heteroatoms. The fraction of sp³-hybridized carbons (Fsp3) is 0.278. The molecule has 0 bridgehead atoms. The monoisotopic (exact) mass is 356 g/mol. The van der Waals surface area contributed by atoms with E-state index >= 15 is 0 Å². The third-order valence-corrected chi connectivity index (χ3v) is 4.12. The average molecular weight is 356 g/mol. The minimum Gasteiger partial charge on any atom is -0.466 e. The molecule has 1 aliphatic rings. The Balaban J connectivity index is 1.90. The Hall–Kier alpha value is -3.13. The molecule has 0 saturated heterocycles. The second-order valence-corrected chi connectivity index (χ2v) is 5.90. The number of aryl methyl sites for hydroxylation is 1. The molecule has 0 aliphatic carbocycles. The predicted octanol–water partition coefficient (Wildman–Crippen LogP) is 0.761. The smallest absolute Gasteiger partial charge is 0.337 e. The van der Waals surface area contributed by atoms with Gasteiger partial charge in [0.2, 0.25) is 0 Å². The molecule has 2 heterocycles. The molecule has 1 aromatic carbocycles. The van der Waals surface area contributed by atoms with Crippen molar-refractivity contribution in [3.63, 3.8) is 0 Å². The Morgan fingerprint density at radius 1 is 1.38 bits per heavy atom. The van der Waals surface area contributed by atoms with Crippen LogP contribution < -0.4 is 5.32 Å². The van der Waals surface area contributed by atoms with Crippen molar-refractivity contribution in [3.8, 4) is 11.1 Å². The molecule has 0 unspecified atom stereocenters. The molecule has 2 aromatic rings. The Bertz CT molecular complexity index is 872. The second kappa shape index (κ2) is 7.40. The van der Waals surface area contributed by atoms with Gasteiger partial charge < -0.3 is 20.1 Å². The van der Waals surface area contributed by atoms with Crippen molar-refractivity contribution in [2.45, 2.75) is 0 Å². The zero-order chi connectivity index (χ0) is 18.7. The van der Waals surface area contributed by atoms with Crippen LogP contribution in [-0.2, 0) is 21.4 Å². The highest BCUT2D eigenvalue weighted by atomic mass is 16.5. The molecule has 1 aromatic heterocycles. The van der Waals surface area contributed by atoms with Gasteiger partial charge in [-0.05, 0) is 17.7 Å². The summed E-state index contributed by atoms with van der Waals surface area (Å²) in [5, 5.41) is 16.3. The van der Waals surface area contributed by atoms with Crippen LogP contribution in [0.4, 0.5) is 5.69 Å². The molecule has 1 amide bonds. The molecule has 0 saturated carbocycles. The Morgan fingerprint density at radius 2 is 2.19 bits per heavy atom. The van der Waals surface area contributed by atoms with Gasteiger partial charge in [0.25, 0.3) is 5.91 Å². The lowest BCUT2D eigenvalue weighted by Gasteiger charge is -2.15. The van der Waals surface area contributed by atoms with E-state index in [0.29, 0.717) is 5.69 Å². The summed E-state index contributed by atoms with van der Waals surface area (Å²) in [6.07, 6.45) is 3.64. The van der Waals surface area contributed by atoms with Crippen molar-refractivity contribution in [2.24, 2.45) is 7.05 Å². The van der Waals surface area contributed by atoms with E-state index in [1.54, 1.807) is 10.9 Å². The fourth-order valence-electron chi connectivity index (χ4n) is 2.84. The number of anilines is 1. The molecule has 8 nitrogen and oxygen atoms in total. The third-order valence-electron chi connectivity index (χ3n) is 4.12. The highest BCUT2D eigenvalue weighted by Crippen LogP contribution is 2.26. The number of carbonyl (C=O) groups is 2. The van der Waals surface area contributed by atoms with Gasteiger partial charge in [0.1, 0.15) is 5.70 Å². The van der Waals surface area contributed by atoms with Gasteiger partial charge in [0.05, 0.1) is 32.0 Å². The lowest BCUT2D eigenvalue weighted by Crippen LogP contribution is -2.31. The molecule has 2 N–H and O–H groups in total. The minimum atomic E-state index is -0.565. The molecule has 0 radical (unpaired) electrons. The number of rotatable bonds is 6. The molecule has 0 fully saturated rings. The van der Waals surface area contributed by atoms with Crippen molar-refractivity contribution in [2.75, 3.05) is 32.1 Å². The maximum absolute atomic E-state index is 12.6. The fourth-order valence-corrected chi connectivity index (χ4v) is 2.84. The van der Waals surface area contributed by atoms with Crippen LogP contribution in [0.25, 0.3) is 11.1 Å². The Kier molecular flexibility index (Phi) is 5.04. The number of esters is 1. The van der Waals surface area contributed by atoms with E-state index in [2.05, 4.69) is 10.4 Å². The molecule has 26 heavy (non-hydrogen) atoms. The maximum atomic E-state index is 12.6. The standard InChI is InChI=1S/C18H20N4O4/c1-21-10-13(9-19-21)12-4-3-5-14(8-12)20-16-15(18(25)26-2)11-22(6-7-23)17(16)24/h3-5,8-10,20,23H,6-7,11H2,1-2H3. The summed E-state index contributed by atoms with van der Waals surface area (Å²) < 4.78 is 6.49. The summed E-state index contributed by atoms with van der Waals surface area (Å²) in [6, 6.07) is 7.48. The topological polar surface area (TPSA) is 96.7 Å². The van der Waals surface area contributed by atoms with E-state index in [-0.39, 0.29) is 36.9 Å². The summed E-state index contributed by atoms with van der Waals surface area (Å²) in [5.74, 6) is -0.907. The molecular weight excluding hydrogens is 336 g/mol. The van der Waals surface area contributed by atoms with Gasteiger partial charge in [-0.3, -0.25) is 9.48 Å². The number of aromatic nitrogens is 2. The molecule has 0 atom stereocenters. The van der Waals surface area contributed by atoms with Crippen LogP contribution in [0.2, 0.25) is 0 Å². The van der Waals surface area contributed by atoms with Crippen LogP contribution in [0.3, 0.4) is 0 Å². The number of amides is 1. The van der Waals surface area contributed by atoms with Crippen molar-refractivity contribution in [1.29, 1.82) is 0 Å². The van der Waals surface area contributed by atoms with Gasteiger partial charge >= 0.3 is 5.97 Å². The van der Waals surface area contributed by atoms with Crippen molar-refractivity contribution < 1.29 is 19.4 Å². The first-order valence-electron chi connectivity index (χ1n) is 8.11. The highest BCUT2D eigenvalue weighted by Gasteiger charge is 2.34. The number of aliphatic hydroxyl groups excluding tert-OH is 1. The van der Waals surface area contributed by atoms with Crippen molar-refractivity contribution >= 4 is 17.6 Å². The van der Waals surface area contributed by atoms with E-state index in [1.165, 1.54) is 12.0 Å². The van der Waals surface area contributed by atoms with Gasteiger partial charge in [-0.2, -0.15) is 5.10 Å². The minimum absolute atomic E-state index is 0.108. The predicted molar refractivity (Wildman–Crippen MR) is 95.0 cm³/mol. The van der Waals surface area contributed by atoms with Crippen molar-refractivity contribution in [3.05, 3.63) is 47.9 Å². The number of carbonyl (C=O) groups excluding carboxylic acids is 2. The molecule has 136 valence electrons. The average Bonchev–Trinajstić information content (AvgIpc) is 3.20. The lowest BCUT2D eigenvalue weighted by atomic mass is 10.1. The molecule has 0 spiro atoms. The Labute approximate surface area is 150 Å². The molecular formula is C18H20N4O4.